The third-order valence-electron chi connectivity index (χ3n) is 8.20. The second kappa shape index (κ2) is 9.10. The number of aromatic nitrogens is 3. The van der Waals surface area contributed by atoms with E-state index in [0.29, 0.717) is 0 Å². The van der Waals surface area contributed by atoms with Crippen LogP contribution in [0.2, 0.25) is 0 Å². The average Bonchev–Trinajstić information content (AvgIpc) is 3.58. The van der Waals surface area contributed by atoms with Crippen molar-refractivity contribution in [3.05, 3.63) is 140 Å². The summed E-state index contributed by atoms with van der Waals surface area (Å²) in [6.45, 7) is 0. The lowest BCUT2D eigenvalue weighted by atomic mass is 9.97. The molecule has 0 aliphatic rings. The van der Waals surface area contributed by atoms with Gasteiger partial charge in [-0.25, -0.2) is 9.97 Å². The van der Waals surface area contributed by atoms with Crippen molar-refractivity contribution in [3.8, 4) is 27.9 Å². The first-order valence-electron chi connectivity index (χ1n) is 14.1. The molecule has 0 radical (unpaired) electrons. The van der Waals surface area contributed by atoms with E-state index in [1.165, 1.54) is 54.4 Å². The minimum atomic E-state index is 0.932. The van der Waals surface area contributed by atoms with Gasteiger partial charge in [0.2, 0.25) is 0 Å². The van der Waals surface area contributed by atoms with Gasteiger partial charge in [-0.05, 0) is 82.9 Å². The predicted molar refractivity (Wildman–Crippen MR) is 178 cm³/mol. The van der Waals surface area contributed by atoms with Crippen molar-refractivity contribution in [1.29, 1.82) is 0 Å². The van der Waals surface area contributed by atoms with Gasteiger partial charge >= 0.3 is 0 Å². The zero-order chi connectivity index (χ0) is 27.6. The molecule has 0 amide bonds. The molecule has 9 rings (SSSR count). The Balaban J connectivity index is 1.18. The molecule has 0 fully saturated rings. The molecule has 0 spiro atoms. The van der Waals surface area contributed by atoms with Crippen LogP contribution in [0.15, 0.2) is 140 Å². The van der Waals surface area contributed by atoms with E-state index in [1.54, 1.807) is 11.3 Å². The number of nitrogens with zero attached hydrogens (tertiary/aromatic N) is 3. The van der Waals surface area contributed by atoms with Gasteiger partial charge in [0.25, 0.3) is 0 Å². The van der Waals surface area contributed by atoms with Gasteiger partial charge in [-0.15, -0.1) is 11.3 Å². The maximum atomic E-state index is 4.99. The lowest BCUT2D eigenvalue weighted by Crippen LogP contribution is -1.92. The molecule has 0 aliphatic heterocycles. The van der Waals surface area contributed by atoms with E-state index in [1.807, 2.05) is 24.3 Å². The van der Waals surface area contributed by atoms with Crippen molar-refractivity contribution in [3.63, 3.8) is 0 Å². The molecule has 4 heteroatoms. The van der Waals surface area contributed by atoms with E-state index in [2.05, 4.69) is 120 Å². The molecule has 0 bridgehead atoms. The van der Waals surface area contributed by atoms with E-state index in [-0.39, 0.29) is 0 Å². The highest BCUT2D eigenvalue weighted by molar-refractivity contribution is 7.25. The Morgan fingerprint density at radius 2 is 1.10 bits per heavy atom. The second-order valence-corrected chi connectivity index (χ2v) is 11.7. The Morgan fingerprint density at radius 1 is 0.452 bits per heavy atom. The summed E-state index contributed by atoms with van der Waals surface area (Å²) in [6, 6.07) is 49.8. The van der Waals surface area contributed by atoms with Gasteiger partial charge in [-0.2, -0.15) is 0 Å². The van der Waals surface area contributed by atoms with Gasteiger partial charge in [0, 0.05) is 26.5 Å². The molecule has 9 aromatic rings. The molecule has 42 heavy (non-hydrogen) atoms. The largest absolute Gasteiger partial charge is 0.309 e. The third-order valence-corrected chi connectivity index (χ3v) is 9.25. The van der Waals surface area contributed by atoms with Gasteiger partial charge in [-0.3, -0.25) is 0 Å². The van der Waals surface area contributed by atoms with Crippen molar-refractivity contribution < 1.29 is 0 Å². The number of benzene rings is 6. The minimum absolute atomic E-state index is 0.932. The Bertz CT molecular complexity index is 2470. The molecule has 0 saturated carbocycles. The molecule has 6 aromatic carbocycles. The van der Waals surface area contributed by atoms with Crippen LogP contribution in [-0.4, -0.2) is 14.5 Å². The number of fused-ring (bicyclic) bond motifs is 7. The Labute approximate surface area is 246 Å². The monoisotopic (exact) mass is 553 g/mol. The molecule has 0 N–H and O–H groups in total. The topological polar surface area (TPSA) is 30.7 Å². The normalized spacial score (nSPS) is 11.8. The van der Waals surface area contributed by atoms with Crippen LogP contribution in [0.3, 0.4) is 0 Å². The first-order valence-corrected chi connectivity index (χ1v) is 14.9. The van der Waals surface area contributed by atoms with Gasteiger partial charge in [-0.1, -0.05) is 78.9 Å². The molecule has 0 atom stereocenters. The molecule has 3 nitrogen and oxygen atoms in total. The fourth-order valence-corrected chi connectivity index (χ4v) is 7.21. The number of hydrogen-bond acceptors (Lipinski definition) is 3. The quantitative estimate of drug-likeness (QED) is 0.218. The van der Waals surface area contributed by atoms with Crippen LogP contribution in [0.1, 0.15) is 0 Å². The fraction of sp³-hybridized carbons (Fsp3) is 0. The van der Waals surface area contributed by atoms with Crippen molar-refractivity contribution in [1.82, 2.24) is 14.5 Å². The zero-order valence-electron chi connectivity index (χ0n) is 22.5. The van der Waals surface area contributed by atoms with Gasteiger partial charge in [0.05, 0.1) is 22.1 Å². The van der Waals surface area contributed by atoms with Crippen molar-refractivity contribution in [2.24, 2.45) is 0 Å². The Kier molecular flexibility index (Phi) is 5.07. The highest BCUT2D eigenvalue weighted by atomic mass is 32.1. The van der Waals surface area contributed by atoms with Crippen molar-refractivity contribution in [2.45, 2.75) is 0 Å². The van der Waals surface area contributed by atoms with Gasteiger partial charge < -0.3 is 4.57 Å². The van der Waals surface area contributed by atoms with E-state index in [0.717, 1.165) is 26.8 Å². The fourth-order valence-electron chi connectivity index (χ4n) is 6.20. The van der Waals surface area contributed by atoms with Crippen LogP contribution in [0, 0.1) is 0 Å². The highest BCUT2D eigenvalue weighted by Crippen LogP contribution is 2.38. The number of hydrogen-bond donors (Lipinski definition) is 0. The molecule has 0 unspecified atom stereocenters. The summed E-state index contributed by atoms with van der Waals surface area (Å²) in [5.74, 6) is 0. The Hall–Kier alpha value is -5.32. The number of para-hydroxylation sites is 4. The molecule has 196 valence electrons. The number of thiophene rings is 1. The summed E-state index contributed by atoms with van der Waals surface area (Å²) in [7, 11) is 0. The van der Waals surface area contributed by atoms with Crippen molar-refractivity contribution >= 4 is 64.6 Å². The van der Waals surface area contributed by atoms with Crippen LogP contribution in [0.25, 0.3) is 81.2 Å². The second-order valence-electron chi connectivity index (χ2n) is 10.7. The van der Waals surface area contributed by atoms with Crippen LogP contribution in [0.5, 0.6) is 0 Å². The Morgan fingerprint density at radius 3 is 1.93 bits per heavy atom. The van der Waals surface area contributed by atoms with Crippen molar-refractivity contribution in [2.75, 3.05) is 0 Å². The zero-order valence-corrected chi connectivity index (χ0v) is 23.3. The van der Waals surface area contributed by atoms with Crippen LogP contribution < -0.4 is 0 Å². The minimum Gasteiger partial charge on any atom is -0.309 e. The van der Waals surface area contributed by atoms with E-state index in [9.17, 15) is 0 Å². The molecular weight excluding hydrogens is 531 g/mol. The first-order chi connectivity index (χ1) is 20.8. The maximum Gasteiger partial charge on any atom is 0.143 e. The molecule has 0 saturated heterocycles. The highest BCUT2D eigenvalue weighted by Gasteiger charge is 2.14. The maximum absolute atomic E-state index is 4.99. The van der Waals surface area contributed by atoms with Crippen LogP contribution in [-0.2, 0) is 0 Å². The summed E-state index contributed by atoms with van der Waals surface area (Å²) in [6.07, 6.45) is 0. The lowest BCUT2D eigenvalue weighted by molar-refractivity contribution is 1.18. The summed E-state index contributed by atoms with van der Waals surface area (Å²) in [5.41, 5.74) is 11.2. The summed E-state index contributed by atoms with van der Waals surface area (Å²) < 4.78 is 3.57. The smallest absolute Gasteiger partial charge is 0.143 e. The average molecular weight is 554 g/mol. The standard InChI is InChI=1S/C38H23N3S/c1-2-11-28(12-3-1)41-34-16-7-4-13-29(34)30-22-26(17-19-35(30)41)24-9-8-10-25(21-24)27-18-20-36-31(23-27)37-38(42-36)40-33-15-6-5-14-32(33)39-37/h1-23H. The van der Waals surface area contributed by atoms with E-state index < -0.39 is 0 Å². The predicted octanol–water partition coefficient (Wildman–Crippen LogP) is 10.4. The molecule has 3 aromatic heterocycles. The van der Waals surface area contributed by atoms with Gasteiger partial charge in [0.1, 0.15) is 10.3 Å². The molecule has 0 aliphatic carbocycles. The van der Waals surface area contributed by atoms with Gasteiger partial charge in [0.15, 0.2) is 0 Å². The molecule has 3 heterocycles. The van der Waals surface area contributed by atoms with Crippen LogP contribution in [0.4, 0.5) is 0 Å². The molecular formula is C38H23N3S. The van der Waals surface area contributed by atoms with Crippen LogP contribution >= 0.6 is 11.3 Å². The summed E-state index contributed by atoms with van der Waals surface area (Å²) >= 11 is 1.71. The third kappa shape index (κ3) is 3.59. The lowest BCUT2D eigenvalue weighted by Gasteiger charge is -2.09. The SMILES string of the molecule is c1ccc(-n2c3ccccc3c3cc(-c4cccc(-c5ccc6sc7nc8ccccc8nc7c6c5)c4)ccc32)cc1. The summed E-state index contributed by atoms with van der Waals surface area (Å²) in [4.78, 5) is 10.9. The van der Waals surface area contributed by atoms with E-state index in [4.69, 9.17) is 9.97 Å². The number of rotatable bonds is 3. The van der Waals surface area contributed by atoms with E-state index >= 15 is 0 Å². The first kappa shape index (κ1) is 23.4. The summed E-state index contributed by atoms with van der Waals surface area (Å²) in [5, 5.41) is 3.68.